The van der Waals surface area contributed by atoms with Gasteiger partial charge < -0.3 is 15.6 Å². The summed E-state index contributed by atoms with van der Waals surface area (Å²) in [7, 11) is 1.45. The van der Waals surface area contributed by atoms with Crippen molar-refractivity contribution in [3.63, 3.8) is 0 Å². The molecule has 8 heteroatoms. The second-order valence-corrected chi connectivity index (χ2v) is 6.05. The third-order valence-electron chi connectivity index (χ3n) is 4.29. The lowest BCUT2D eigenvalue weighted by Crippen LogP contribution is -2.14. The van der Waals surface area contributed by atoms with Gasteiger partial charge in [0.25, 0.3) is 0 Å². The van der Waals surface area contributed by atoms with Gasteiger partial charge in [-0.2, -0.15) is 13.2 Å². The van der Waals surface area contributed by atoms with Crippen molar-refractivity contribution in [1.29, 1.82) is 0 Å². The molecule has 1 heterocycles. The number of nitrogen functional groups attached to an aromatic ring is 1. The van der Waals surface area contributed by atoms with E-state index in [1.165, 1.54) is 25.3 Å². The van der Waals surface area contributed by atoms with Crippen molar-refractivity contribution in [1.82, 2.24) is 9.97 Å². The maximum Gasteiger partial charge on any atom is 0.434 e. The number of phenols is 1. The molecule has 3 aromatic rings. The average Bonchev–Trinajstić information content (AvgIpc) is 2.67. The Morgan fingerprint density at radius 2 is 1.79 bits per heavy atom. The summed E-state index contributed by atoms with van der Waals surface area (Å²) in [4.78, 5) is 7.50. The van der Waals surface area contributed by atoms with Crippen molar-refractivity contribution in [3.05, 3.63) is 53.7 Å². The van der Waals surface area contributed by atoms with E-state index in [0.717, 1.165) is 0 Å². The summed E-state index contributed by atoms with van der Waals surface area (Å²) >= 11 is 0. The van der Waals surface area contributed by atoms with Gasteiger partial charge in [-0.25, -0.2) is 9.97 Å². The Bertz CT molecular complexity index is 1010. The monoisotopic (exact) mass is 389 g/mol. The Kier molecular flexibility index (Phi) is 5.13. The van der Waals surface area contributed by atoms with E-state index >= 15 is 0 Å². The number of hydrogen-bond acceptors (Lipinski definition) is 5. The standard InChI is InChI=1S/C20H18F3N3O2/c1-3-11-9-13(14(27)10-15(11)28-2)17-16(12-7-5-4-6-8-12)18(20(21,22)23)26-19(24)25-17/h4-10,27H,3H2,1-2H3,(H2,24,25,26). The van der Waals surface area contributed by atoms with E-state index in [1.807, 2.05) is 6.92 Å². The molecule has 0 saturated carbocycles. The normalized spacial score (nSPS) is 11.5. The van der Waals surface area contributed by atoms with Crippen LogP contribution in [0.4, 0.5) is 19.1 Å². The van der Waals surface area contributed by atoms with Crippen LogP contribution in [0.15, 0.2) is 42.5 Å². The van der Waals surface area contributed by atoms with E-state index in [1.54, 1.807) is 24.3 Å². The number of nitrogens with two attached hydrogens (primary N) is 1. The number of aromatic hydroxyl groups is 1. The number of nitrogens with zero attached hydrogens (tertiary/aromatic N) is 2. The van der Waals surface area contributed by atoms with Gasteiger partial charge in [0.05, 0.1) is 12.8 Å². The molecule has 0 radical (unpaired) electrons. The maximum absolute atomic E-state index is 13.7. The molecule has 0 aliphatic carbocycles. The van der Waals surface area contributed by atoms with E-state index in [9.17, 15) is 18.3 Å². The van der Waals surface area contributed by atoms with Crippen LogP contribution in [-0.4, -0.2) is 22.2 Å². The van der Waals surface area contributed by atoms with Crippen LogP contribution >= 0.6 is 0 Å². The third-order valence-corrected chi connectivity index (χ3v) is 4.29. The van der Waals surface area contributed by atoms with E-state index in [0.29, 0.717) is 17.7 Å². The first-order chi connectivity index (χ1) is 13.3. The predicted octanol–water partition coefficient (Wildman–Crippen LogP) is 4.69. The van der Waals surface area contributed by atoms with Crippen LogP contribution in [0.2, 0.25) is 0 Å². The summed E-state index contributed by atoms with van der Waals surface area (Å²) in [5.74, 6) is -0.365. The van der Waals surface area contributed by atoms with Crippen LogP contribution in [-0.2, 0) is 12.6 Å². The number of aromatic nitrogens is 2. The molecule has 146 valence electrons. The molecule has 0 atom stereocenters. The molecule has 0 fully saturated rings. The number of methoxy groups -OCH3 is 1. The number of alkyl halides is 3. The van der Waals surface area contributed by atoms with Crippen LogP contribution in [0.3, 0.4) is 0 Å². The molecule has 3 N–H and O–H groups in total. The fourth-order valence-corrected chi connectivity index (χ4v) is 3.03. The van der Waals surface area contributed by atoms with Crippen molar-refractivity contribution >= 4 is 5.95 Å². The van der Waals surface area contributed by atoms with Gasteiger partial charge in [0.1, 0.15) is 11.5 Å². The zero-order chi connectivity index (χ0) is 20.5. The second kappa shape index (κ2) is 7.38. The molecule has 0 amide bonds. The molecule has 0 aliphatic rings. The molecule has 0 unspecified atom stereocenters. The zero-order valence-corrected chi connectivity index (χ0v) is 15.2. The minimum atomic E-state index is -4.76. The summed E-state index contributed by atoms with van der Waals surface area (Å²) in [6.07, 6.45) is -4.21. The summed E-state index contributed by atoms with van der Waals surface area (Å²) in [5.41, 5.74) is 5.18. The Morgan fingerprint density at radius 1 is 1.11 bits per heavy atom. The number of halogens is 3. The lowest BCUT2D eigenvalue weighted by atomic mass is 9.95. The number of hydrogen-bond donors (Lipinski definition) is 2. The molecule has 5 nitrogen and oxygen atoms in total. The van der Waals surface area contributed by atoms with Crippen LogP contribution in [0.5, 0.6) is 11.5 Å². The minimum Gasteiger partial charge on any atom is -0.507 e. The number of ether oxygens (including phenoxy) is 1. The van der Waals surface area contributed by atoms with Gasteiger partial charge in [-0.05, 0) is 23.6 Å². The quantitative estimate of drug-likeness (QED) is 0.677. The van der Waals surface area contributed by atoms with E-state index in [-0.39, 0.29) is 28.1 Å². The molecule has 1 aromatic heterocycles. The van der Waals surface area contributed by atoms with Crippen molar-refractivity contribution in [3.8, 4) is 33.9 Å². The first-order valence-corrected chi connectivity index (χ1v) is 8.46. The summed E-state index contributed by atoms with van der Waals surface area (Å²) in [6, 6.07) is 10.9. The average molecular weight is 389 g/mol. The summed E-state index contributed by atoms with van der Waals surface area (Å²) < 4.78 is 46.5. The van der Waals surface area contributed by atoms with Gasteiger partial charge >= 0.3 is 6.18 Å². The first-order valence-electron chi connectivity index (χ1n) is 8.46. The molecule has 0 saturated heterocycles. The Labute approximate surface area is 159 Å². The Morgan fingerprint density at radius 3 is 2.36 bits per heavy atom. The Hall–Kier alpha value is -3.29. The third kappa shape index (κ3) is 3.58. The van der Waals surface area contributed by atoms with Crippen LogP contribution in [0, 0.1) is 0 Å². The SMILES string of the molecule is CCc1cc(-c2nc(N)nc(C(F)(F)F)c2-c2ccccc2)c(O)cc1OC. The maximum atomic E-state index is 13.7. The smallest absolute Gasteiger partial charge is 0.434 e. The number of rotatable bonds is 4. The van der Waals surface area contributed by atoms with Gasteiger partial charge in [0, 0.05) is 17.2 Å². The minimum absolute atomic E-state index is 0.0964. The molecule has 28 heavy (non-hydrogen) atoms. The van der Waals surface area contributed by atoms with Gasteiger partial charge in [-0.1, -0.05) is 37.3 Å². The predicted molar refractivity (Wildman–Crippen MR) is 99.9 cm³/mol. The molecule has 0 bridgehead atoms. The first kappa shape index (κ1) is 19.5. The summed E-state index contributed by atoms with van der Waals surface area (Å²) in [6.45, 7) is 1.87. The molecule has 0 aliphatic heterocycles. The van der Waals surface area contributed by atoms with Crippen molar-refractivity contribution in [2.45, 2.75) is 19.5 Å². The van der Waals surface area contributed by atoms with Gasteiger partial charge in [-0.3, -0.25) is 0 Å². The fraction of sp³-hybridized carbons (Fsp3) is 0.200. The number of aryl methyl sites for hydroxylation is 1. The van der Waals surface area contributed by atoms with Crippen LogP contribution < -0.4 is 10.5 Å². The number of anilines is 1. The van der Waals surface area contributed by atoms with E-state index in [4.69, 9.17) is 10.5 Å². The second-order valence-electron chi connectivity index (χ2n) is 6.05. The number of phenolic OH excluding ortho intramolecular Hbond substituents is 1. The zero-order valence-electron chi connectivity index (χ0n) is 15.2. The summed E-state index contributed by atoms with van der Waals surface area (Å²) in [5, 5.41) is 10.5. The Balaban J connectivity index is 2.41. The molecule has 0 spiro atoms. The van der Waals surface area contributed by atoms with Gasteiger partial charge in [0.2, 0.25) is 5.95 Å². The van der Waals surface area contributed by atoms with Crippen LogP contribution in [0.1, 0.15) is 18.2 Å². The van der Waals surface area contributed by atoms with Crippen molar-refractivity contribution in [2.75, 3.05) is 12.8 Å². The highest BCUT2D eigenvalue weighted by molar-refractivity contribution is 5.86. The van der Waals surface area contributed by atoms with Crippen molar-refractivity contribution < 1.29 is 23.0 Å². The van der Waals surface area contributed by atoms with Gasteiger partial charge in [-0.15, -0.1) is 0 Å². The lowest BCUT2D eigenvalue weighted by molar-refractivity contribution is -0.140. The highest BCUT2D eigenvalue weighted by atomic mass is 19.4. The molecule has 3 rings (SSSR count). The van der Waals surface area contributed by atoms with Crippen LogP contribution in [0.25, 0.3) is 22.4 Å². The molecule has 2 aromatic carbocycles. The topological polar surface area (TPSA) is 81.3 Å². The molecular weight excluding hydrogens is 371 g/mol. The largest absolute Gasteiger partial charge is 0.507 e. The van der Waals surface area contributed by atoms with Gasteiger partial charge in [0.15, 0.2) is 5.69 Å². The molecular formula is C20H18F3N3O2. The van der Waals surface area contributed by atoms with E-state index in [2.05, 4.69) is 9.97 Å². The van der Waals surface area contributed by atoms with Crippen molar-refractivity contribution in [2.24, 2.45) is 0 Å². The fourth-order valence-electron chi connectivity index (χ4n) is 3.03. The highest BCUT2D eigenvalue weighted by Gasteiger charge is 2.38. The van der Waals surface area contributed by atoms with E-state index < -0.39 is 17.8 Å². The number of benzene rings is 2. The lowest BCUT2D eigenvalue weighted by Gasteiger charge is -2.18. The highest BCUT2D eigenvalue weighted by Crippen LogP contribution is 2.44.